The zero-order valence-corrected chi connectivity index (χ0v) is 16.7. The molecule has 0 aromatic heterocycles. The summed E-state index contributed by atoms with van der Waals surface area (Å²) in [4.78, 5) is 25.8. The number of halogens is 2. The van der Waals surface area contributed by atoms with Gasteiger partial charge < -0.3 is 10.2 Å². The third kappa shape index (κ3) is 5.54. The second kappa shape index (κ2) is 8.53. The van der Waals surface area contributed by atoms with Crippen LogP contribution in [0, 0.1) is 5.82 Å². The van der Waals surface area contributed by atoms with E-state index in [9.17, 15) is 14.0 Å². The van der Waals surface area contributed by atoms with E-state index in [0.29, 0.717) is 5.69 Å². The molecule has 0 fully saturated rings. The first-order valence-corrected chi connectivity index (χ1v) is 9.10. The highest BCUT2D eigenvalue weighted by Gasteiger charge is 2.19. The van der Waals surface area contributed by atoms with E-state index in [-0.39, 0.29) is 35.2 Å². The van der Waals surface area contributed by atoms with Gasteiger partial charge in [0.1, 0.15) is 5.82 Å². The predicted molar refractivity (Wildman–Crippen MR) is 108 cm³/mol. The second-order valence-electron chi connectivity index (χ2n) is 7.36. The number of amides is 2. The molecule has 0 saturated carbocycles. The SMILES string of the molecule is CC(=O)N(CCC(=O)Nc1ccccc1C(C)(C)C)c1ccc(F)c(Cl)c1. The van der Waals surface area contributed by atoms with Crippen LogP contribution in [-0.2, 0) is 15.0 Å². The number of hydrogen-bond acceptors (Lipinski definition) is 2. The highest BCUT2D eigenvalue weighted by molar-refractivity contribution is 6.31. The Bertz CT molecular complexity index is 846. The van der Waals surface area contributed by atoms with Crippen LogP contribution in [0.25, 0.3) is 0 Å². The fourth-order valence-electron chi connectivity index (χ4n) is 2.79. The molecule has 2 rings (SSSR count). The minimum absolute atomic E-state index is 0.0673. The summed E-state index contributed by atoms with van der Waals surface area (Å²) in [5, 5.41) is 2.85. The molecule has 0 radical (unpaired) electrons. The molecule has 2 aromatic rings. The summed E-state index contributed by atoms with van der Waals surface area (Å²) in [6, 6.07) is 11.7. The number of nitrogens with zero attached hydrogens (tertiary/aromatic N) is 1. The predicted octanol–water partition coefficient (Wildman–Crippen LogP) is 5.16. The third-order valence-corrected chi connectivity index (χ3v) is 4.46. The molecule has 27 heavy (non-hydrogen) atoms. The summed E-state index contributed by atoms with van der Waals surface area (Å²) in [6.45, 7) is 7.79. The Balaban J connectivity index is 2.09. The Kier molecular flexibility index (Phi) is 6.60. The summed E-state index contributed by atoms with van der Waals surface area (Å²) in [5.74, 6) is -1.01. The summed E-state index contributed by atoms with van der Waals surface area (Å²) in [5.41, 5.74) is 2.14. The first-order chi connectivity index (χ1) is 12.6. The summed E-state index contributed by atoms with van der Waals surface area (Å²) in [7, 11) is 0. The molecule has 0 saturated heterocycles. The van der Waals surface area contributed by atoms with Crippen LogP contribution < -0.4 is 10.2 Å². The van der Waals surface area contributed by atoms with Crippen molar-refractivity contribution in [2.45, 2.75) is 39.5 Å². The molecule has 1 N–H and O–H groups in total. The number of benzene rings is 2. The van der Waals surface area contributed by atoms with Crippen LogP contribution in [0.15, 0.2) is 42.5 Å². The maximum absolute atomic E-state index is 13.4. The molecule has 0 aliphatic carbocycles. The Morgan fingerprint density at radius 2 is 1.81 bits per heavy atom. The molecule has 0 unspecified atom stereocenters. The number of para-hydroxylation sites is 1. The highest BCUT2D eigenvalue weighted by atomic mass is 35.5. The lowest BCUT2D eigenvalue weighted by Crippen LogP contribution is -2.32. The van der Waals surface area contributed by atoms with Crippen molar-refractivity contribution in [3.8, 4) is 0 Å². The topological polar surface area (TPSA) is 49.4 Å². The molecule has 4 nitrogen and oxygen atoms in total. The van der Waals surface area contributed by atoms with Crippen molar-refractivity contribution in [3.05, 3.63) is 58.9 Å². The first-order valence-electron chi connectivity index (χ1n) is 8.72. The average molecular weight is 391 g/mol. The number of rotatable bonds is 5. The van der Waals surface area contributed by atoms with E-state index in [2.05, 4.69) is 26.1 Å². The van der Waals surface area contributed by atoms with E-state index in [1.165, 1.54) is 30.0 Å². The minimum Gasteiger partial charge on any atom is -0.326 e. The van der Waals surface area contributed by atoms with Crippen molar-refractivity contribution in [1.82, 2.24) is 0 Å². The van der Waals surface area contributed by atoms with Crippen molar-refractivity contribution in [2.24, 2.45) is 0 Å². The Labute approximate surface area is 164 Å². The van der Waals surface area contributed by atoms with Crippen LogP contribution in [0.4, 0.5) is 15.8 Å². The maximum Gasteiger partial charge on any atom is 0.226 e. The van der Waals surface area contributed by atoms with E-state index < -0.39 is 5.82 Å². The zero-order valence-electron chi connectivity index (χ0n) is 16.0. The number of carbonyl (C=O) groups excluding carboxylic acids is 2. The van der Waals surface area contributed by atoms with Crippen molar-refractivity contribution >= 4 is 34.8 Å². The maximum atomic E-state index is 13.4. The van der Waals surface area contributed by atoms with E-state index in [0.717, 1.165) is 11.3 Å². The van der Waals surface area contributed by atoms with Crippen molar-refractivity contribution in [3.63, 3.8) is 0 Å². The smallest absolute Gasteiger partial charge is 0.226 e. The molecule has 0 heterocycles. The molecule has 0 aliphatic heterocycles. The van der Waals surface area contributed by atoms with Gasteiger partial charge in [-0.15, -0.1) is 0 Å². The second-order valence-corrected chi connectivity index (χ2v) is 7.77. The summed E-state index contributed by atoms with van der Waals surface area (Å²) >= 11 is 5.80. The monoisotopic (exact) mass is 390 g/mol. The minimum atomic E-state index is -0.555. The Morgan fingerprint density at radius 3 is 2.41 bits per heavy atom. The van der Waals surface area contributed by atoms with E-state index >= 15 is 0 Å². The molecular weight excluding hydrogens is 367 g/mol. The largest absolute Gasteiger partial charge is 0.326 e. The quantitative estimate of drug-likeness (QED) is 0.766. The van der Waals surface area contributed by atoms with Gasteiger partial charge in [0, 0.05) is 31.3 Å². The molecule has 2 aromatic carbocycles. The van der Waals surface area contributed by atoms with Crippen molar-refractivity contribution in [2.75, 3.05) is 16.8 Å². The number of anilines is 2. The third-order valence-electron chi connectivity index (χ3n) is 4.17. The lowest BCUT2D eigenvalue weighted by atomic mass is 9.86. The van der Waals surface area contributed by atoms with Gasteiger partial charge in [-0.25, -0.2) is 4.39 Å². The van der Waals surface area contributed by atoms with E-state index in [1.54, 1.807) is 0 Å². The summed E-state index contributed by atoms with van der Waals surface area (Å²) < 4.78 is 13.4. The molecule has 6 heteroatoms. The van der Waals surface area contributed by atoms with E-state index in [1.807, 2.05) is 24.3 Å². The zero-order chi connectivity index (χ0) is 20.2. The fraction of sp³-hybridized carbons (Fsp3) is 0.333. The molecular formula is C21H24ClFN2O2. The van der Waals surface area contributed by atoms with Crippen LogP contribution in [0.2, 0.25) is 5.02 Å². The molecule has 144 valence electrons. The van der Waals surface area contributed by atoms with Crippen LogP contribution in [-0.4, -0.2) is 18.4 Å². The van der Waals surface area contributed by atoms with Crippen LogP contribution in [0.5, 0.6) is 0 Å². The van der Waals surface area contributed by atoms with Crippen molar-refractivity contribution in [1.29, 1.82) is 0 Å². The van der Waals surface area contributed by atoms with Crippen molar-refractivity contribution < 1.29 is 14.0 Å². The number of carbonyl (C=O) groups is 2. The van der Waals surface area contributed by atoms with Gasteiger partial charge in [0.2, 0.25) is 11.8 Å². The lowest BCUT2D eigenvalue weighted by Gasteiger charge is -2.24. The van der Waals surface area contributed by atoms with Gasteiger partial charge in [-0.3, -0.25) is 9.59 Å². The molecule has 2 amide bonds. The van der Waals surface area contributed by atoms with Gasteiger partial charge in [0.15, 0.2) is 0 Å². The van der Waals surface area contributed by atoms with Crippen LogP contribution >= 0.6 is 11.6 Å². The lowest BCUT2D eigenvalue weighted by molar-refractivity contribution is -0.117. The normalized spacial score (nSPS) is 11.2. The van der Waals surface area contributed by atoms with Gasteiger partial charge in [0.25, 0.3) is 0 Å². The number of hydrogen-bond donors (Lipinski definition) is 1. The van der Waals surface area contributed by atoms with Gasteiger partial charge in [-0.2, -0.15) is 0 Å². The molecule has 0 atom stereocenters. The molecule has 0 bridgehead atoms. The Morgan fingerprint density at radius 1 is 1.15 bits per heavy atom. The van der Waals surface area contributed by atoms with Gasteiger partial charge >= 0.3 is 0 Å². The number of nitrogens with one attached hydrogen (secondary N) is 1. The Hall–Kier alpha value is -2.40. The van der Waals surface area contributed by atoms with Gasteiger partial charge in [0.05, 0.1) is 5.02 Å². The molecule has 0 spiro atoms. The first kappa shape index (κ1) is 20.9. The fourth-order valence-corrected chi connectivity index (χ4v) is 2.97. The van der Waals surface area contributed by atoms with Crippen LogP contribution in [0.1, 0.15) is 39.7 Å². The molecule has 0 aliphatic rings. The van der Waals surface area contributed by atoms with Gasteiger partial charge in [-0.1, -0.05) is 50.6 Å². The standard InChI is InChI=1S/C21H24ClFN2O2/c1-14(26)25(15-9-10-18(23)17(22)13-15)12-11-20(27)24-19-8-6-5-7-16(19)21(2,3)4/h5-10,13H,11-12H2,1-4H3,(H,24,27). The van der Waals surface area contributed by atoms with E-state index in [4.69, 9.17) is 11.6 Å². The average Bonchev–Trinajstić information content (AvgIpc) is 2.57. The summed E-state index contributed by atoms with van der Waals surface area (Å²) in [6.07, 6.45) is 0.104. The highest BCUT2D eigenvalue weighted by Crippen LogP contribution is 2.29. The van der Waals surface area contributed by atoms with Gasteiger partial charge in [-0.05, 0) is 35.2 Å². The van der Waals surface area contributed by atoms with Crippen LogP contribution in [0.3, 0.4) is 0 Å².